The molecule has 27 heavy (non-hydrogen) atoms. The van der Waals surface area contributed by atoms with E-state index in [4.69, 9.17) is 5.41 Å². The molecule has 0 unspecified atom stereocenters. The fourth-order valence-electron chi connectivity index (χ4n) is 3.22. The van der Waals surface area contributed by atoms with Gasteiger partial charge in [-0.2, -0.15) is 0 Å². The van der Waals surface area contributed by atoms with Crippen molar-refractivity contribution in [3.8, 4) is 0 Å². The van der Waals surface area contributed by atoms with Crippen LogP contribution in [0.25, 0.3) is 16.7 Å². The molecule has 2 N–H and O–H groups in total. The summed E-state index contributed by atoms with van der Waals surface area (Å²) < 4.78 is 3.06. The molecule has 3 heterocycles. The molecule has 0 aliphatic rings. The molecule has 3 rings (SSSR count). The Hall–Kier alpha value is -2.96. The number of nitrogens with one attached hydrogen (secondary N) is 2. The lowest BCUT2D eigenvalue weighted by molar-refractivity contribution is 0.0950. The molecule has 7 heteroatoms. The molecule has 0 saturated carbocycles. The molecular weight excluding hydrogens is 342 g/mol. The molecule has 0 aromatic carbocycles. The highest BCUT2D eigenvalue weighted by atomic mass is 16.1. The number of carbonyl (C=O) groups excluding carboxylic acids is 1. The average Bonchev–Trinajstić information content (AvgIpc) is 2.67. The normalized spacial score (nSPS) is 11.2. The Morgan fingerprint density at radius 2 is 2.04 bits per heavy atom. The zero-order valence-corrected chi connectivity index (χ0v) is 15.8. The van der Waals surface area contributed by atoms with Crippen LogP contribution in [-0.4, -0.2) is 26.4 Å². The zero-order chi connectivity index (χ0) is 19.4. The minimum Gasteiger partial charge on any atom is -0.352 e. The maximum Gasteiger partial charge on any atom is 0.267 e. The average molecular weight is 367 g/mol. The van der Waals surface area contributed by atoms with Crippen LogP contribution >= 0.6 is 0 Å². The van der Waals surface area contributed by atoms with Gasteiger partial charge in [-0.1, -0.05) is 32.3 Å². The van der Waals surface area contributed by atoms with Gasteiger partial charge in [0.2, 0.25) is 0 Å². The molecule has 0 saturated heterocycles. The van der Waals surface area contributed by atoms with Crippen LogP contribution in [0.1, 0.15) is 49.9 Å². The van der Waals surface area contributed by atoms with Crippen molar-refractivity contribution in [1.29, 1.82) is 5.41 Å². The second-order valence-corrected chi connectivity index (χ2v) is 6.55. The van der Waals surface area contributed by atoms with Gasteiger partial charge in [0.25, 0.3) is 11.5 Å². The Bertz CT molecular complexity index is 1100. The molecule has 0 spiro atoms. The predicted molar refractivity (Wildman–Crippen MR) is 105 cm³/mol. The molecule has 0 atom stereocenters. The van der Waals surface area contributed by atoms with Crippen LogP contribution in [0.15, 0.2) is 35.3 Å². The van der Waals surface area contributed by atoms with Crippen LogP contribution in [-0.2, 0) is 6.54 Å². The van der Waals surface area contributed by atoms with Gasteiger partial charge in [0.1, 0.15) is 16.8 Å². The monoisotopic (exact) mass is 367 g/mol. The minimum absolute atomic E-state index is 0.0724. The first-order valence-corrected chi connectivity index (χ1v) is 9.46. The second kappa shape index (κ2) is 8.16. The van der Waals surface area contributed by atoms with Crippen molar-refractivity contribution >= 4 is 22.6 Å². The Balaban J connectivity index is 2.06. The van der Waals surface area contributed by atoms with E-state index in [2.05, 4.69) is 17.2 Å². The molecular formula is C20H25N5O2. The maximum absolute atomic E-state index is 12.9. The van der Waals surface area contributed by atoms with Gasteiger partial charge in [-0.05, 0) is 31.5 Å². The summed E-state index contributed by atoms with van der Waals surface area (Å²) in [6.45, 7) is 5.03. The first kappa shape index (κ1) is 18.8. The van der Waals surface area contributed by atoms with Gasteiger partial charge >= 0.3 is 0 Å². The fraction of sp³-hybridized carbons (Fsp3) is 0.400. The summed E-state index contributed by atoms with van der Waals surface area (Å²) >= 11 is 0. The van der Waals surface area contributed by atoms with Crippen molar-refractivity contribution in [1.82, 2.24) is 19.3 Å². The van der Waals surface area contributed by atoms with Crippen LogP contribution < -0.4 is 16.4 Å². The molecule has 3 aromatic heterocycles. The number of pyridine rings is 2. The summed E-state index contributed by atoms with van der Waals surface area (Å²) in [5.74, 6) is -0.321. The summed E-state index contributed by atoms with van der Waals surface area (Å²) in [6.07, 6.45) is 5.90. The van der Waals surface area contributed by atoms with Crippen LogP contribution in [0.3, 0.4) is 0 Å². The third kappa shape index (κ3) is 3.63. The standard InChI is InChI=1S/C20H25N5O2/c1-3-5-6-8-11-22-19(26)14-13-15-18(24(4-2)17(14)21)23-16-10-7-9-12-25(16)20(15)27/h7,9-10,12-13,21H,3-6,8,11H2,1-2H3,(H,22,26). The van der Waals surface area contributed by atoms with Crippen LogP contribution in [0.5, 0.6) is 0 Å². The number of rotatable bonds is 7. The summed E-state index contributed by atoms with van der Waals surface area (Å²) in [6, 6.07) is 6.83. The van der Waals surface area contributed by atoms with E-state index in [0.717, 1.165) is 25.7 Å². The van der Waals surface area contributed by atoms with Crippen LogP contribution in [0, 0.1) is 5.41 Å². The highest BCUT2D eigenvalue weighted by Gasteiger charge is 2.16. The fourth-order valence-corrected chi connectivity index (χ4v) is 3.22. The topological polar surface area (TPSA) is 92.2 Å². The van der Waals surface area contributed by atoms with E-state index < -0.39 is 0 Å². The molecule has 7 nitrogen and oxygen atoms in total. The van der Waals surface area contributed by atoms with Gasteiger partial charge in [-0.25, -0.2) is 4.98 Å². The molecule has 0 aliphatic carbocycles. The Morgan fingerprint density at radius 1 is 1.22 bits per heavy atom. The Labute approximate surface area is 157 Å². The number of unbranched alkanes of at least 4 members (excludes halogenated alkanes) is 3. The third-order valence-electron chi connectivity index (χ3n) is 4.70. The molecule has 0 fully saturated rings. The predicted octanol–water partition coefficient (Wildman–Crippen LogP) is 2.46. The molecule has 142 valence electrons. The van der Waals surface area contributed by atoms with Gasteiger partial charge in [0.15, 0.2) is 0 Å². The molecule has 0 aliphatic heterocycles. The smallest absolute Gasteiger partial charge is 0.267 e. The SMILES string of the molecule is CCCCCCNC(=O)c1cc2c(=O)n3ccccc3nc2n(CC)c1=N. The molecule has 0 radical (unpaired) electrons. The largest absolute Gasteiger partial charge is 0.352 e. The Kier molecular flexibility index (Phi) is 5.69. The number of amides is 1. The highest BCUT2D eigenvalue weighted by Crippen LogP contribution is 2.10. The summed E-state index contributed by atoms with van der Waals surface area (Å²) in [4.78, 5) is 30.0. The Morgan fingerprint density at radius 3 is 2.78 bits per heavy atom. The number of carbonyl (C=O) groups is 1. The number of hydrogen-bond acceptors (Lipinski definition) is 4. The van der Waals surface area contributed by atoms with Crippen LogP contribution in [0.4, 0.5) is 0 Å². The van der Waals surface area contributed by atoms with Gasteiger partial charge in [-0.3, -0.25) is 19.4 Å². The number of aromatic nitrogens is 3. The van der Waals surface area contributed by atoms with E-state index in [1.807, 2.05) is 13.0 Å². The second-order valence-electron chi connectivity index (χ2n) is 6.55. The summed E-state index contributed by atoms with van der Waals surface area (Å²) in [5, 5.41) is 11.6. The lowest BCUT2D eigenvalue weighted by Crippen LogP contribution is -2.35. The maximum atomic E-state index is 12.9. The lowest BCUT2D eigenvalue weighted by atomic mass is 10.1. The molecule has 1 amide bonds. The van der Waals surface area contributed by atoms with E-state index in [0.29, 0.717) is 29.8 Å². The number of hydrogen-bond donors (Lipinski definition) is 2. The van der Waals surface area contributed by atoms with Gasteiger partial charge in [-0.15, -0.1) is 0 Å². The first-order chi connectivity index (χ1) is 13.1. The van der Waals surface area contributed by atoms with E-state index in [1.54, 1.807) is 22.9 Å². The van der Waals surface area contributed by atoms with E-state index in [9.17, 15) is 9.59 Å². The quantitative estimate of drug-likeness (QED) is 0.496. The summed E-state index contributed by atoms with van der Waals surface area (Å²) in [7, 11) is 0. The lowest BCUT2D eigenvalue weighted by Gasteiger charge is -2.13. The third-order valence-corrected chi connectivity index (χ3v) is 4.70. The summed E-state index contributed by atoms with van der Waals surface area (Å²) in [5.41, 5.74) is 0.982. The molecule has 0 bridgehead atoms. The van der Waals surface area contributed by atoms with Crippen molar-refractivity contribution < 1.29 is 4.79 Å². The van der Waals surface area contributed by atoms with E-state index in [-0.39, 0.29) is 22.5 Å². The van der Waals surface area contributed by atoms with Crippen molar-refractivity contribution in [2.45, 2.75) is 46.1 Å². The van der Waals surface area contributed by atoms with Gasteiger partial charge < -0.3 is 9.88 Å². The number of aryl methyl sites for hydroxylation is 1. The van der Waals surface area contributed by atoms with Crippen molar-refractivity contribution in [3.63, 3.8) is 0 Å². The highest BCUT2D eigenvalue weighted by molar-refractivity contribution is 5.96. The van der Waals surface area contributed by atoms with E-state index in [1.165, 1.54) is 10.5 Å². The van der Waals surface area contributed by atoms with Crippen LogP contribution in [0.2, 0.25) is 0 Å². The zero-order valence-electron chi connectivity index (χ0n) is 15.8. The molecule has 3 aromatic rings. The van der Waals surface area contributed by atoms with E-state index >= 15 is 0 Å². The van der Waals surface area contributed by atoms with Gasteiger partial charge in [0.05, 0.1) is 10.9 Å². The minimum atomic E-state index is -0.321. The number of nitrogens with zero attached hydrogens (tertiary/aromatic N) is 3. The van der Waals surface area contributed by atoms with Crippen molar-refractivity contribution in [2.75, 3.05) is 6.54 Å². The van der Waals surface area contributed by atoms with Crippen molar-refractivity contribution in [3.05, 3.63) is 51.9 Å². The first-order valence-electron chi connectivity index (χ1n) is 9.46. The van der Waals surface area contributed by atoms with Crippen molar-refractivity contribution in [2.24, 2.45) is 0 Å². The van der Waals surface area contributed by atoms with Gasteiger partial charge in [0, 0.05) is 19.3 Å². The number of fused-ring (bicyclic) bond motifs is 2.